The van der Waals surface area contributed by atoms with E-state index < -0.39 is 0 Å². The van der Waals surface area contributed by atoms with Crippen molar-refractivity contribution in [2.24, 2.45) is 0 Å². The minimum absolute atomic E-state index is 0.0744. The maximum Gasteiger partial charge on any atom is 0.262 e. The Bertz CT molecular complexity index is 726. The molecule has 24 heavy (non-hydrogen) atoms. The van der Waals surface area contributed by atoms with Gasteiger partial charge in [0.25, 0.3) is 5.91 Å². The predicted octanol–water partition coefficient (Wildman–Crippen LogP) is 4.62. The molecule has 0 aliphatic heterocycles. The smallest absolute Gasteiger partial charge is 0.262 e. The fourth-order valence-electron chi connectivity index (χ4n) is 1.89. The molecule has 0 heterocycles. The number of anilines is 1. The van der Waals surface area contributed by atoms with Crippen LogP contribution >= 0.6 is 11.6 Å². The lowest BCUT2D eigenvalue weighted by atomic mass is 10.2. The Kier molecular flexibility index (Phi) is 6.27. The molecule has 2 aromatic carbocycles. The minimum atomic E-state index is -0.238. The molecule has 0 aliphatic carbocycles. The summed E-state index contributed by atoms with van der Waals surface area (Å²) in [5.74, 6) is 1.10. The molecule has 0 bridgehead atoms. The van der Waals surface area contributed by atoms with Gasteiger partial charge in [0.15, 0.2) is 6.61 Å². The first-order valence-electron chi connectivity index (χ1n) is 7.50. The van der Waals surface area contributed by atoms with Crippen LogP contribution in [0.3, 0.4) is 0 Å². The number of hydrogen-bond donors (Lipinski definition) is 1. The Labute approximate surface area is 147 Å². The van der Waals surface area contributed by atoms with Crippen molar-refractivity contribution < 1.29 is 14.3 Å². The molecular formula is C19H20ClNO3. The highest BCUT2D eigenvalue weighted by atomic mass is 35.5. The first-order chi connectivity index (χ1) is 11.4. The standard InChI is InChI=1S/C19H20ClNO3/c1-13(2)11-23-16-6-4-15(5-7-16)21-19(22)12-24-17-8-9-18(20)14(3)10-17/h4-10H,1,11-12H2,2-3H3,(H,21,22). The maximum absolute atomic E-state index is 11.9. The van der Waals surface area contributed by atoms with Gasteiger partial charge in [-0.05, 0) is 67.4 Å². The predicted molar refractivity (Wildman–Crippen MR) is 97.1 cm³/mol. The van der Waals surface area contributed by atoms with Crippen LogP contribution in [-0.4, -0.2) is 19.1 Å². The normalized spacial score (nSPS) is 10.1. The monoisotopic (exact) mass is 345 g/mol. The Morgan fingerprint density at radius 3 is 2.33 bits per heavy atom. The van der Waals surface area contributed by atoms with E-state index in [0.29, 0.717) is 23.1 Å². The quantitative estimate of drug-likeness (QED) is 0.745. The number of carbonyl (C=O) groups is 1. The second-order valence-electron chi connectivity index (χ2n) is 5.52. The Morgan fingerprint density at radius 1 is 1.08 bits per heavy atom. The molecule has 0 unspecified atom stereocenters. The summed E-state index contributed by atoms with van der Waals surface area (Å²) in [5, 5.41) is 3.43. The van der Waals surface area contributed by atoms with Crippen LogP contribution in [0.4, 0.5) is 5.69 Å². The molecule has 126 valence electrons. The van der Waals surface area contributed by atoms with Crippen LogP contribution in [0.25, 0.3) is 0 Å². The van der Waals surface area contributed by atoms with Gasteiger partial charge in [0.2, 0.25) is 0 Å². The zero-order valence-electron chi connectivity index (χ0n) is 13.8. The molecule has 2 rings (SSSR count). The number of rotatable bonds is 7. The van der Waals surface area contributed by atoms with Gasteiger partial charge in [0.05, 0.1) is 0 Å². The van der Waals surface area contributed by atoms with E-state index in [1.165, 1.54) is 0 Å². The molecule has 0 radical (unpaired) electrons. The topological polar surface area (TPSA) is 47.6 Å². The van der Waals surface area contributed by atoms with Gasteiger partial charge in [-0.15, -0.1) is 0 Å². The lowest BCUT2D eigenvalue weighted by molar-refractivity contribution is -0.118. The fraction of sp³-hybridized carbons (Fsp3) is 0.211. The van der Waals surface area contributed by atoms with Crippen molar-refractivity contribution >= 4 is 23.2 Å². The summed E-state index contributed by atoms with van der Waals surface area (Å²) in [5.41, 5.74) is 2.53. The summed E-state index contributed by atoms with van der Waals surface area (Å²) < 4.78 is 11.0. The molecule has 0 spiro atoms. The van der Waals surface area contributed by atoms with Crippen LogP contribution in [0.1, 0.15) is 12.5 Å². The number of benzene rings is 2. The lowest BCUT2D eigenvalue weighted by Gasteiger charge is -2.10. The summed E-state index contributed by atoms with van der Waals surface area (Å²) in [6, 6.07) is 12.4. The third-order valence-corrected chi connectivity index (χ3v) is 3.55. The summed E-state index contributed by atoms with van der Waals surface area (Å²) in [4.78, 5) is 11.9. The number of carbonyl (C=O) groups excluding carboxylic acids is 1. The molecule has 0 atom stereocenters. The van der Waals surface area contributed by atoms with E-state index in [-0.39, 0.29) is 12.5 Å². The van der Waals surface area contributed by atoms with E-state index in [1.807, 2.05) is 13.8 Å². The number of nitrogens with one attached hydrogen (secondary N) is 1. The SMILES string of the molecule is C=C(C)COc1ccc(NC(=O)COc2ccc(Cl)c(C)c2)cc1. The molecule has 0 aromatic heterocycles. The molecule has 0 saturated carbocycles. The molecule has 1 N–H and O–H groups in total. The molecule has 1 amide bonds. The summed E-state index contributed by atoms with van der Waals surface area (Å²) in [6.07, 6.45) is 0. The summed E-state index contributed by atoms with van der Waals surface area (Å²) in [7, 11) is 0. The number of halogens is 1. The maximum atomic E-state index is 11.9. The van der Waals surface area contributed by atoms with Crippen LogP contribution in [0.15, 0.2) is 54.6 Å². The van der Waals surface area contributed by atoms with Crippen molar-refractivity contribution in [3.63, 3.8) is 0 Å². The lowest BCUT2D eigenvalue weighted by Crippen LogP contribution is -2.20. The van der Waals surface area contributed by atoms with E-state index >= 15 is 0 Å². The number of aryl methyl sites for hydroxylation is 1. The van der Waals surface area contributed by atoms with Crippen LogP contribution in [-0.2, 0) is 4.79 Å². The first-order valence-corrected chi connectivity index (χ1v) is 7.88. The van der Waals surface area contributed by atoms with Gasteiger partial charge in [0.1, 0.15) is 18.1 Å². The number of amides is 1. The molecule has 4 nitrogen and oxygen atoms in total. The molecule has 0 fully saturated rings. The second kappa shape index (κ2) is 8.41. The van der Waals surface area contributed by atoms with E-state index in [0.717, 1.165) is 16.9 Å². The van der Waals surface area contributed by atoms with Crippen molar-refractivity contribution in [3.05, 3.63) is 65.2 Å². The zero-order valence-corrected chi connectivity index (χ0v) is 14.5. The molecular weight excluding hydrogens is 326 g/mol. The average molecular weight is 346 g/mol. The van der Waals surface area contributed by atoms with E-state index in [9.17, 15) is 4.79 Å². The third-order valence-electron chi connectivity index (χ3n) is 3.12. The Hall–Kier alpha value is -2.46. The van der Waals surface area contributed by atoms with Gasteiger partial charge in [0, 0.05) is 10.7 Å². The summed E-state index contributed by atoms with van der Waals surface area (Å²) in [6.45, 7) is 7.96. The van der Waals surface area contributed by atoms with Crippen LogP contribution in [0.2, 0.25) is 5.02 Å². The van der Waals surface area contributed by atoms with Crippen molar-refractivity contribution in [2.45, 2.75) is 13.8 Å². The Balaban J connectivity index is 1.83. The van der Waals surface area contributed by atoms with E-state index in [4.69, 9.17) is 21.1 Å². The van der Waals surface area contributed by atoms with Gasteiger partial charge >= 0.3 is 0 Å². The number of ether oxygens (including phenoxy) is 2. The van der Waals surface area contributed by atoms with Crippen molar-refractivity contribution in [3.8, 4) is 11.5 Å². The highest BCUT2D eigenvalue weighted by molar-refractivity contribution is 6.31. The van der Waals surface area contributed by atoms with Gasteiger partial charge < -0.3 is 14.8 Å². The van der Waals surface area contributed by atoms with E-state index in [2.05, 4.69) is 11.9 Å². The zero-order chi connectivity index (χ0) is 17.5. The summed E-state index contributed by atoms with van der Waals surface area (Å²) >= 11 is 5.95. The van der Waals surface area contributed by atoms with E-state index in [1.54, 1.807) is 42.5 Å². The largest absolute Gasteiger partial charge is 0.489 e. The van der Waals surface area contributed by atoms with Crippen molar-refractivity contribution in [1.82, 2.24) is 0 Å². The van der Waals surface area contributed by atoms with Crippen LogP contribution in [0, 0.1) is 6.92 Å². The van der Waals surface area contributed by atoms with Gasteiger partial charge in [-0.1, -0.05) is 18.2 Å². The van der Waals surface area contributed by atoms with Crippen molar-refractivity contribution in [2.75, 3.05) is 18.5 Å². The van der Waals surface area contributed by atoms with Gasteiger partial charge in [-0.25, -0.2) is 0 Å². The number of hydrogen-bond acceptors (Lipinski definition) is 3. The second-order valence-corrected chi connectivity index (χ2v) is 5.93. The van der Waals surface area contributed by atoms with Crippen LogP contribution < -0.4 is 14.8 Å². The minimum Gasteiger partial charge on any atom is -0.489 e. The molecule has 0 saturated heterocycles. The van der Waals surface area contributed by atoms with Gasteiger partial charge in [-0.2, -0.15) is 0 Å². The van der Waals surface area contributed by atoms with Gasteiger partial charge in [-0.3, -0.25) is 4.79 Å². The first kappa shape index (κ1) is 17.9. The average Bonchev–Trinajstić information content (AvgIpc) is 2.55. The molecule has 2 aromatic rings. The fourth-order valence-corrected chi connectivity index (χ4v) is 2.01. The van der Waals surface area contributed by atoms with Crippen molar-refractivity contribution in [1.29, 1.82) is 0 Å². The highest BCUT2D eigenvalue weighted by Crippen LogP contribution is 2.21. The Morgan fingerprint density at radius 2 is 1.71 bits per heavy atom. The molecule has 5 heteroatoms. The molecule has 0 aliphatic rings. The van der Waals surface area contributed by atoms with Crippen LogP contribution in [0.5, 0.6) is 11.5 Å². The third kappa shape index (κ3) is 5.63. The highest BCUT2D eigenvalue weighted by Gasteiger charge is 2.05.